The molecule has 4 heteroatoms. The van der Waals surface area contributed by atoms with E-state index in [0.717, 1.165) is 27.1 Å². The highest BCUT2D eigenvalue weighted by Crippen LogP contribution is 2.32. The molecule has 0 aliphatic heterocycles. The fourth-order valence-corrected chi connectivity index (χ4v) is 2.80. The topological polar surface area (TPSA) is 0 Å². The van der Waals surface area contributed by atoms with Gasteiger partial charge in [-0.15, -0.1) is 11.8 Å². The van der Waals surface area contributed by atoms with Crippen LogP contribution in [0.2, 0.25) is 0 Å². The number of aryl methyl sites for hydroxylation is 1. The van der Waals surface area contributed by atoms with E-state index in [-0.39, 0.29) is 6.42 Å². The second kappa shape index (κ2) is 6.93. The smallest absolute Gasteiger partial charge is 0.159 e. The number of benzene rings is 2. The summed E-state index contributed by atoms with van der Waals surface area (Å²) < 4.78 is 36.3. The van der Waals surface area contributed by atoms with Gasteiger partial charge in [0.2, 0.25) is 0 Å². The summed E-state index contributed by atoms with van der Waals surface area (Å²) in [6.45, 7) is 2.00. The van der Waals surface area contributed by atoms with Crippen molar-refractivity contribution in [1.29, 1.82) is 0 Å². The van der Waals surface area contributed by atoms with E-state index in [1.807, 2.05) is 55.6 Å². The summed E-state index contributed by atoms with van der Waals surface area (Å²) in [5.74, 6) is 3.50. The lowest BCUT2D eigenvalue weighted by Gasteiger charge is -2.11. The van der Waals surface area contributed by atoms with Crippen molar-refractivity contribution in [3.63, 3.8) is 0 Å². The van der Waals surface area contributed by atoms with Crippen molar-refractivity contribution in [3.8, 4) is 23.0 Å². The summed E-state index contributed by atoms with van der Waals surface area (Å²) in [5.41, 5.74) is 4.01. The third-order valence-electron chi connectivity index (χ3n) is 3.22. The minimum absolute atomic E-state index is 0.0915. The SMILES string of the molecule is CSc1ccccc1-c1cc(CC#CC(F)(F)F)ccc1C. The van der Waals surface area contributed by atoms with Crippen LogP contribution in [0.15, 0.2) is 47.4 Å². The molecular formula is C18H15F3S. The van der Waals surface area contributed by atoms with Crippen molar-refractivity contribution in [2.24, 2.45) is 0 Å². The summed E-state index contributed by atoms with van der Waals surface area (Å²) in [5, 5.41) is 0. The number of hydrogen-bond donors (Lipinski definition) is 0. The molecule has 0 bridgehead atoms. The van der Waals surface area contributed by atoms with Crippen LogP contribution in [0.1, 0.15) is 11.1 Å². The van der Waals surface area contributed by atoms with Gasteiger partial charge in [-0.05, 0) is 47.6 Å². The number of alkyl halides is 3. The van der Waals surface area contributed by atoms with Gasteiger partial charge in [0.1, 0.15) is 0 Å². The summed E-state index contributed by atoms with van der Waals surface area (Å²) >= 11 is 1.65. The molecule has 0 fully saturated rings. The summed E-state index contributed by atoms with van der Waals surface area (Å²) in [7, 11) is 0. The van der Waals surface area contributed by atoms with Crippen LogP contribution >= 0.6 is 11.8 Å². The van der Waals surface area contributed by atoms with Gasteiger partial charge in [0.05, 0.1) is 0 Å². The first-order valence-corrected chi connectivity index (χ1v) is 7.93. The molecule has 0 nitrogen and oxygen atoms in total. The van der Waals surface area contributed by atoms with Gasteiger partial charge < -0.3 is 0 Å². The van der Waals surface area contributed by atoms with Crippen LogP contribution < -0.4 is 0 Å². The molecular weight excluding hydrogens is 305 g/mol. The number of halogens is 3. The van der Waals surface area contributed by atoms with Crippen LogP contribution in [0, 0.1) is 18.8 Å². The first-order valence-electron chi connectivity index (χ1n) is 6.70. The quantitative estimate of drug-likeness (QED) is 0.532. The molecule has 0 amide bonds. The van der Waals surface area contributed by atoms with Crippen molar-refractivity contribution in [2.45, 2.75) is 24.4 Å². The molecule has 0 heterocycles. The highest BCUT2D eigenvalue weighted by molar-refractivity contribution is 7.98. The number of rotatable bonds is 3. The van der Waals surface area contributed by atoms with Gasteiger partial charge in [-0.1, -0.05) is 36.3 Å². The predicted molar refractivity (Wildman–Crippen MR) is 85.9 cm³/mol. The van der Waals surface area contributed by atoms with Crippen LogP contribution in [0.5, 0.6) is 0 Å². The van der Waals surface area contributed by atoms with Gasteiger partial charge in [0.15, 0.2) is 0 Å². The molecule has 0 spiro atoms. The molecule has 0 unspecified atom stereocenters. The van der Waals surface area contributed by atoms with Gasteiger partial charge in [0, 0.05) is 17.2 Å². The second-order valence-corrected chi connectivity index (χ2v) is 5.67. The molecule has 0 N–H and O–H groups in total. The zero-order chi connectivity index (χ0) is 16.2. The Bertz CT molecular complexity index is 721. The maximum atomic E-state index is 12.1. The largest absolute Gasteiger partial charge is 0.457 e. The zero-order valence-corrected chi connectivity index (χ0v) is 13.1. The normalized spacial score (nSPS) is 11.0. The molecule has 0 aliphatic rings. The lowest BCUT2D eigenvalue weighted by molar-refractivity contribution is -0.0697. The van der Waals surface area contributed by atoms with Gasteiger partial charge in [-0.25, -0.2) is 0 Å². The highest BCUT2D eigenvalue weighted by atomic mass is 32.2. The van der Waals surface area contributed by atoms with Crippen molar-refractivity contribution < 1.29 is 13.2 Å². The standard InChI is InChI=1S/C18H15F3S/c1-13-9-10-14(6-5-11-18(19,20)21)12-16(13)15-7-3-4-8-17(15)22-2/h3-4,7-10,12H,6H2,1-2H3. The molecule has 2 rings (SSSR count). The molecule has 114 valence electrons. The Hall–Kier alpha value is -1.86. The minimum Gasteiger partial charge on any atom is -0.159 e. The van der Waals surface area contributed by atoms with E-state index >= 15 is 0 Å². The molecule has 0 saturated carbocycles. The Balaban J connectivity index is 2.37. The molecule has 0 aromatic heterocycles. The Morgan fingerprint density at radius 2 is 1.77 bits per heavy atom. The van der Waals surface area contributed by atoms with Crippen molar-refractivity contribution in [1.82, 2.24) is 0 Å². The van der Waals surface area contributed by atoms with E-state index in [1.165, 1.54) is 5.92 Å². The predicted octanol–water partition coefficient (Wildman–Crippen LogP) is 5.49. The Labute approximate surface area is 132 Å². The maximum absolute atomic E-state index is 12.1. The van der Waals surface area contributed by atoms with Crippen molar-refractivity contribution in [2.75, 3.05) is 6.26 Å². The van der Waals surface area contributed by atoms with E-state index in [9.17, 15) is 13.2 Å². The fraction of sp³-hybridized carbons (Fsp3) is 0.222. The number of thioether (sulfide) groups is 1. The van der Waals surface area contributed by atoms with Crippen molar-refractivity contribution >= 4 is 11.8 Å². The molecule has 22 heavy (non-hydrogen) atoms. The average molecular weight is 320 g/mol. The fourth-order valence-electron chi connectivity index (χ4n) is 2.18. The van der Waals surface area contributed by atoms with E-state index < -0.39 is 6.18 Å². The van der Waals surface area contributed by atoms with Crippen LogP contribution in [0.3, 0.4) is 0 Å². The molecule has 0 atom stereocenters. The lowest BCUT2D eigenvalue weighted by Crippen LogP contribution is -2.01. The van der Waals surface area contributed by atoms with E-state index in [2.05, 4.69) is 5.92 Å². The summed E-state index contributed by atoms with van der Waals surface area (Å²) in [6.07, 6.45) is -2.33. The first kappa shape index (κ1) is 16.5. The van der Waals surface area contributed by atoms with Crippen molar-refractivity contribution in [3.05, 3.63) is 53.6 Å². The number of hydrogen-bond acceptors (Lipinski definition) is 1. The summed E-state index contributed by atoms with van der Waals surface area (Å²) in [6, 6.07) is 13.7. The van der Waals surface area contributed by atoms with E-state index in [1.54, 1.807) is 11.8 Å². The maximum Gasteiger partial charge on any atom is 0.457 e. The van der Waals surface area contributed by atoms with Crippen LogP contribution in [-0.4, -0.2) is 12.4 Å². The zero-order valence-electron chi connectivity index (χ0n) is 12.3. The second-order valence-electron chi connectivity index (χ2n) is 4.83. The molecule has 2 aromatic carbocycles. The third-order valence-corrected chi connectivity index (χ3v) is 4.02. The van der Waals surface area contributed by atoms with Gasteiger partial charge in [-0.3, -0.25) is 0 Å². The molecule has 0 radical (unpaired) electrons. The summed E-state index contributed by atoms with van der Waals surface area (Å²) in [4.78, 5) is 1.14. The van der Waals surface area contributed by atoms with Gasteiger partial charge in [0.25, 0.3) is 0 Å². The third kappa shape index (κ3) is 4.32. The van der Waals surface area contributed by atoms with Gasteiger partial charge in [-0.2, -0.15) is 13.2 Å². The van der Waals surface area contributed by atoms with E-state index in [4.69, 9.17) is 0 Å². The first-order chi connectivity index (χ1) is 10.4. The Morgan fingerprint density at radius 1 is 1.05 bits per heavy atom. The molecule has 0 saturated heterocycles. The van der Waals surface area contributed by atoms with Crippen LogP contribution in [-0.2, 0) is 6.42 Å². The highest BCUT2D eigenvalue weighted by Gasteiger charge is 2.22. The van der Waals surface area contributed by atoms with E-state index in [0.29, 0.717) is 0 Å². The lowest BCUT2D eigenvalue weighted by atomic mass is 9.97. The Kier molecular flexibility index (Phi) is 5.20. The van der Waals surface area contributed by atoms with Crippen LogP contribution in [0.4, 0.5) is 13.2 Å². The van der Waals surface area contributed by atoms with Crippen LogP contribution in [0.25, 0.3) is 11.1 Å². The Morgan fingerprint density at radius 3 is 2.45 bits per heavy atom. The molecule has 2 aromatic rings. The minimum atomic E-state index is -4.43. The monoisotopic (exact) mass is 320 g/mol. The van der Waals surface area contributed by atoms with Gasteiger partial charge >= 0.3 is 6.18 Å². The average Bonchev–Trinajstić information content (AvgIpc) is 2.48. The molecule has 0 aliphatic carbocycles.